The molecular formula is C20H28N2O3. The molecule has 1 aromatic carbocycles. The molecule has 5 heteroatoms. The van der Waals surface area contributed by atoms with Gasteiger partial charge < -0.3 is 14.9 Å². The van der Waals surface area contributed by atoms with Gasteiger partial charge in [-0.15, -0.1) is 0 Å². The zero-order valence-corrected chi connectivity index (χ0v) is 14.8. The Morgan fingerprint density at radius 1 is 1.16 bits per heavy atom. The number of aliphatic hydroxyl groups excluding tert-OH is 1. The molecule has 0 aliphatic carbocycles. The fourth-order valence-corrected chi connectivity index (χ4v) is 3.88. The van der Waals surface area contributed by atoms with E-state index in [4.69, 9.17) is 0 Å². The monoisotopic (exact) mass is 344 g/mol. The highest BCUT2D eigenvalue weighted by molar-refractivity contribution is 5.85. The van der Waals surface area contributed by atoms with E-state index in [-0.39, 0.29) is 25.0 Å². The van der Waals surface area contributed by atoms with E-state index in [1.165, 1.54) is 5.56 Å². The largest absolute Gasteiger partial charge is 0.392 e. The van der Waals surface area contributed by atoms with E-state index in [0.717, 1.165) is 57.3 Å². The summed E-state index contributed by atoms with van der Waals surface area (Å²) in [5, 5.41) is 9.25. The molecule has 2 heterocycles. The van der Waals surface area contributed by atoms with Gasteiger partial charge in [-0.05, 0) is 42.7 Å². The molecule has 2 fully saturated rings. The topological polar surface area (TPSA) is 60.9 Å². The Balaban J connectivity index is 1.51. The van der Waals surface area contributed by atoms with Crippen LogP contribution in [0.4, 0.5) is 0 Å². The molecule has 1 atom stereocenters. The first-order valence-corrected chi connectivity index (χ1v) is 9.40. The molecule has 1 N–H and O–H groups in total. The lowest BCUT2D eigenvalue weighted by atomic mass is 9.97. The third-order valence-corrected chi connectivity index (χ3v) is 5.33. The second kappa shape index (κ2) is 8.48. The predicted molar refractivity (Wildman–Crippen MR) is 95.8 cm³/mol. The molecule has 0 unspecified atom stereocenters. The number of likely N-dealkylation sites (tertiary alicyclic amines) is 2. The minimum atomic E-state index is 0.0625. The van der Waals surface area contributed by atoms with Gasteiger partial charge in [0.25, 0.3) is 0 Å². The van der Waals surface area contributed by atoms with Crippen LogP contribution in [0.1, 0.15) is 43.2 Å². The first-order chi connectivity index (χ1) is 12.2. The number of aliphatic hydroxyl groups is 1. The number of amides is 2. The van der Waals surface area contributed by atoms with Crippen LogP contribution in [0.15, 0.2) is 24.3 Å². The summed E-state index contributed by atoms with van der Waals surface area (Å²) in [6.07, 6.45) is 5.54. The van der Waals surface area contributed by atoms with Crippen molar-refractivity contribution in [2.75, 3.05) is 26.2 Å². The average molecular weight is 344 g/mol. The molecule has 3 rings (SSSR count). The van der Waals surface area contributed by atoms with Crippen molar-refractivity contribution in [3.05, 3.63) is 35.4 Å². The third-order valence-electron chi connectivity index (χ3n) is 5.33. The Labute approximate surface area is 149 Å². The lowest BCUT2D eigenvalue weighted by Crippen LogP contribution is -2.42. The first kappa shape index (κ1) is 17.9. The van der Waals surface area contributed by atoms with Gasteiger partial charge in [0.1, 0.15) is 0 Å². The highest BCUT2D eigenvalue weighted by atomic mass is 16.3. The maximum atomic E-state index is 12.6. The molecule has 5 nitrogen and oxygen atoms in total. The molecule has 136 valence electrons. The highest BCUT2D eigenvalue weighted by Crippen LogP contribution is 2.22. The van der Waals surface area contributed by atoms with Gasteiger partial charge >= 0.3 is 0 Å². The summed E-state index contributed by atoms with van der Waals surface area (Å²) in [6, 6.07) is 8.02. The Hall–Kier alpha value is -1.88. The Morgan fingerprint density at radius 2 is 2.00 bits per heavy atom. The Morgan fingerprint density at radius 3 is 2.84 bits per heavy atom. The van der Waals surface area contributed by atoms with Gasteiger partial charge in [0.05, 0.1) is 13.2 Å². The van der Waals surface area contributed by atoms with Crippen molar-refractivity contribution in [2.24, 2.45) is 5.92 Å². The number of nitrogens with zero attached hydrogens (tertiary/aromatic N) is 2. The molecule has 0 radical (unpaired) electrons. The maximum Gasteiger partial charge on any atom is 0.242 e. The zero-order chi connectivity index (χ0) is 17.6. The fourth-order valence-electron chi connectivity index (χ4n) is 3.88. The van der Waals surface area contributed by atoms with Gasteiger partial charge in [0.2, 0.25) is 11.8 Å². The summed E-state index contributed by atoms with van der Waals surface area (Å²) in [4.78, 5) is 28.3. The standard InChI is InChI=1S/C20H28N2O3/c23-15-18-6-4-5-16(12-18)11-17-8-10-22(13-17)20(25)14-21-9-3-1-2-7-19(21)24/h4-6,12,17,23H,1-3,7-11,13-15H2/t17-/m1/s1. The molecule has 2 amide bonds. The normalized spacial score (nSPS) is 21.5. The minimum absolute atomic E-state index is 0.0625. The van der Waals surface area contributed by atoms with Crippen molar-refractivity contribution in [1.82, 2.24) is 9.80 Å². The SMILES string of the molecule is O=C1CCCCCN1CC(=O)N1CC[C@H](Cc2cccc(CO)c2)C1. The van der Waals surface area contributed by atoms with Gasteiger partial charge in [-0.3, -0.25) is 9.59 Å². The lowest BCUT2D eigenvalue weighted by Gasteiger charge is -2.24. The van der Waals surface area contributed by atoms with E-state index in [1.807, 2.05) is 23.1 Å². The van der Waals surface area contributed by atoms with Gasteiger partial charge in [-0.2, -0.15) is 0 Å². The van der Waals surface area contributed by atoms with Crippen LogP contribution in [0, 0.1) is 5.92 Å². The second-order valence-corrected chi connectivity index (χ2v) is 7.30. The fraction of sp³-hybridized carbons (Fsp3) is 0.600. The summed E-state index contributed by atoms with van der Waals surface area (Å²) >= 11 is 0. The Kier molecular flexibility index (Phi) is 6.08. The first-order valence-electron chi connectivity index (χ1n) is 9.40. The van der Waals surface area contributed by atoms with Crippen molar-refractivity contribution in [2.45, 2.75) is 45.1 Å². The number of benzene rings is 1. The molecular weight excluding hydrogens is 316 g/mol. The van der Waals surface area contributed by atoms with Crippen molar-refractivity contribution in [3.63, 3.8) is 0 Å². The second-order valence-electron chi connectivity index (χ2n) is 7.30. The van der Waals surface area contributed by atoms with Gasteiger partial charge in [-0.25, -0.2) is 0 Å². The van der Waals surface area contributed by atoms with Crippen LogP contribution in [0.3, 0.4) is 0 Å². The van der Waals surface area contributed by atoms with E-state index in [2.05, 4.69) is 6.07 Å². The third kappa shape index (κ3) is 4.82. The van der Waals surface area contributed by atoms with Crippen LogP contribution in [-0.4, -0.2) is 52.9 Å². The quantitative estimate of drug-likeness (QED) is 0.888. The van der Waals surface area contributed by atoms with Crippen LogP contribution < -0.4 is 0 Å². The Bertz CT molecular complexity index is 617. The van der Waals surface area contributed by atoms with Crippen LogP contribution >= 0.6 is 0 Å². The lowest BCUT2D eigenvalue weighted by molar-refractivity contribution is -0.139. The van der Waals surface area contributed by atoms with Crippen LogP contribution in [0.2, 0.25) is 0 Å². The molecule has 25 heavy (non-hydrogen) atoms. The minimum Gasteiger partial charge on any atom is -0.392 e. The summed E-state index contributed by atoms with van der Waals surface area (Å²) in [7, 11) is 0. The van der Waals surface area contributed by atoms with Crippen LogP contribution in [-0.2, 0) is 22.6 Å². The summed E-state index contributed by atoms with van der Waals surface area (Å²) in [6.45, 7) is 2.57. The van der Waals surface area contributed by atoms with Crippen LogP contribution in [0.25, 0.3) is 0 Å². The van der Waals surface area contributed by atoms with E-state index in [9.17, 15) is 14.7 Å². The summed E-state index contributed by atoms with van der Waals surface area (Å²) in [5.41, 5.74) is 2.15. The maximum absolute atomic E-state index is 12.6. The number of carbonyl (C=O) groups excluding carboxylic acids is 2. The van der Waals surface area contributed by atoms with Crippen molar-refractivity contribution < 1.29 is 14.7 Å². The van der Waals surface area contributed by atoms with Crippen LogP contribution in [0.5, 0.6) is 0 Å². The molecule has 0 saturated carbocycles. The number of hydrogen-bond donors (Lipinski definition) is 1. The molecule has 2 aliphatic heterocycles. The van der Waals surface area contributed by atoms with E-state index in [0.29, 0.717) is 12.3 Å². The number of carbonyl (C=O) groups is 2. The molecule has 2 saturated heterocycles. The van der Waals surface area contributed by atoms with Gasteiger partial charge in [0.15, 0.2) is 0 Å². The molecule has 0 bridgehead atoms. The molecule has 0 spiro atoms. The van der Waals surface area contributed by atoms with Crippen molar-refractivity contribution in [1.29, 1.82) is 0 Å². The highest BCUT2D eigenvalue weighted by Gasteiger charge is 2.28. The summed E-state index contributed by atoms with van der Waals surface area (Å²) in [5.74, 6) is 0.669. The van der Waals surface area contributed by atoms with E-state index in [1.54, 1.807) is 4.90 Å². The smallest absolute Gasteiger partial charge is 0.242 e. The molecule has 2 aliphatic rings. The van der Waals surface area contributed by atoms with Crippen molar-refractivity contribution >= 4 is 11.8 Å². The van der Waals surface area contributed by atoms with E-state index >= 15 is 0 Å². The summed E-state index contributed by atoms with van der Waals surface area (Å²) < 4.78 is 0. The predicted octanol–water partition coefficient (Wildman–Crippen LogP) is 1.97. The molecule has 0 aromatic heterocycles. The molecule has 1 aromatic rings. The van der Waals surface area contributed by atoms with Gasteiger partial charge in [0, 0.05) is 26.1 Å². The average Bonchev–Trinajstić information content (AvgIpc) is 2.99. The number of rotatable bonds is 5. The van der Waals surface area contributed by atoms with E-state index < -0.39 is 0 Å². The van der Waals surface area contributed by atoms with Crippen molar-refractivity contribution in [3.8, 4) is 0 Å². The zero-order valence-electron chi connectivity index (χ0n) is 14.8. The number of hydrogen-bond acceptors (Lipinski definition) is 3. The van der Waals surface area contributed by atoms with Gasteiger partial charge in [-0.1, -0.05) is 30.7 Å².